The number of esters is 1. The highest BCUT2D eigenvalue weighted by Gasteiger charge is 2.19. The number of nitriles is 1. The third-order valence-electron chi connectivity index (χ3n) is 4.15. The number of hydrogen-bond acceptors (Lipinski definition) is 7. The monoisotopic (exact) mass is 464 g/mol. The summed E-state index contributed by atoms with van der Waals surface area (Å²) in [5.74, 6) is -0.344. The second kappa shape index (κ2) is 9.24. The number of nitrogens with zero attached hydrogens (tertiary/aromatic N) is 3. The maximum atomic E-state index is 12.3. The van der Waals surface area contributed by atoms with E-state index in [2.05, 4.69) is 31.1 Å². The SMILES string of the molecule is CCOC(=O)c1cc(C#N)c(Cl)nc1Nc1ccc(N2CCOCC2)c(Br)c1. The van der Waals surface area contributed by atoms with Gasteiger partial charge >= 0.3 is 5.97 Å². The van der Waals surface area contributed by atoms with Crippen LogP contribution in [0.2, 0.25) is 5.15 Å². The number of rotatable bonds is 5. The minimum absolute atomic E-state index is 0.0158. The van der Waals surface area contributed by atoms with E-state index in [1.54, 1.807) is 6.92 Å². The van der Waals surface area contributed by atoms with Crippen molar-refractivity contribution in [2.24, 2.45) is 0 Å². The number of carbonyl (C=O) groups excluding carboxylic acids is 1. The molecule has 0 saturated carbocycles. The van der Waals surface area contributed by atoms with Crippen molar-refractivity contribution in [2.75, 3.05) is 43.1 Å². The summed E-state index contributed by atoms with van der Waals surface area (Å²) < 4.78 is 11.4. The third kappa shape index (κ3) is 4.55. The maximum Gasteiger partial charge on any atom is 0.341 e. The summed E-state index contributed by atoms with van der Waals surface area (Å²) in [5.41, 5.74) is 2.03. The lowest BCUT2D eigenvalue weighted by atomic mass is 10.2. The summed E-state index contributed by atoms with van der Waals surface area (Å²) >= 11 is 9.66. The van der Waals surface area contributed by atoms with Gasteiger partial charge in [-0.05, 0) is 47.1 Å². The van der Waals surface area contributed by atoms with Crippen molar-refractivity contribution >= 4 is 50.7 Å². The van der Waals surface area contributed by atoms with Crippen LogP contribution in [0.25, 0.3) is 0 Å². The Labute approximate surface area is 176 Å². The second-order valence-corrected chi connectivity index (χ2v) is 7.16. The number of nitrogens with one attached hydrogen (secondary N) is 1. The number of pyridine rings is 1. The first-order valence-electron chi connectivity index (χ1n) is 8.70. The van der Waals surface area contributed by atoms with Crippen LogP contribution in [-0.4, -0.2) is 43.9 Å². The molecule has 1 aliphatic rings. The van der Waals surface area contributed by atoms with Gasteiger partial charge in [-0.25, -0.2) is 9.78 Å². The zero-order chi connectivity index (χ0) is 20.1. The van der Waals surface area contributed by atoms with Gasteiger partial charge in [0.1, 0.15) is 22.6 Å². The Hall–Kier alpha value is -2.34. The van der Waals surface area contributed by atoms with Crippen molar-refractivity contribution in [2.45, 2.75) is 6.92 Å². The molecule has 1 aromatic carbocycles. The van der Waals surface area contributed by atoms with Gasteiger partial charge in [0.05, 0.1) is 31.1 Å². The summed E-state index contributed by atoms with van der Waals surface area (Å²) in [4.78, 5) is 18.7. The summed E-state index contributed by atoms with van der Waals surface area (Å²) in [6, 6.07) is 9.07. The van der Waals surface area contributed by atoms with E-state index in [9.17, 15) is 4.79 Å². The molecule has 1 aromatic heterocycles. The molecule has 1 saturated heterocycles. The molecule has 0 atom stereocenters. The third-order valence-corrected chi connectivity index (χ3v) is 5.08. The number of ether oxygens (including phenoxy) is 2. The number of benzene rings is 1. The maximum absolute atomic E-state index is 12.3. The topological polar surface area (TPSA) is 87.5 Å². The van der Waals surface area contributed by atoms with Crippen LogP contribution in [-0.2, 0) is 9.47 Å². The molecule has 9 heteroatoms. The van der Waals surface area contributed by atoms with E-state index in [0.29, 0.717) is 18.9 Å². The predicted molar refractivity (Wildman–Crippen MR) is 110 cm³/mol. The molecule has 28 heavy (non-hydrogen) atoms. The quantitative estimate of drug-likeness (QED) is 0.525. The Morgan fingerprint density at radius 3 is 2.82 bits per heavy atom. The Morgan fingerprint density at radius 2 is 2.18 bits per heavy atom. The molecule has 0 amide bonds. The van der Waals surface area contributed by atoms with E-state index in [4.69, 9.17) is 26.3 Å². The molecule has 0 bridgehead atoms. The summed E-state index contributed by atoms with van der Waals surface area (Å²) in [7, 11) is 0. The molecular formula is C19H18BrClN4O3. The van der Waals surface area contributed by atoms with E-state index in [1.807, 2.05) is 24.3 Å². The van der Waals surface area contributed by atoms with Crippen LogP contribution in [0.4, 0.5) is 17.2 Å². The molecule has 3 rings (SSSR count). The second-order valence-electron chi connectivity index (χ2n) is 5.95. The van der Waals surface area contributed by atoms with Gasteiger partial charge in [0, 0.05) is 23.2 Å². The average molecular weight is 466 g/mol. The first kappa shape index (κ1) is 20.4. The number of halogens is 2. The average Bonchev–Trinajstić information content (AvgIpc) is 2.69. The first-order chi connectivity index (χ1) is 13.5. The van der Waals surface area contributed by atoms with Crippen molar-refractivity contribution in [3.63, 3.8) is 0 Å². The lowest BCUT2D eigenvalue weighted by Gasteiger charge is -2.29. The van der Waals surface area contributed by atoms with E-state index in [-0.39, 0.29) is 28.7 Å². The molecule has 2 heterocycles. The van der Waals surface area contributed by atoms with Crippen molar-refractivity contribution in [3.8, 4) is 6.07 Å². The van der Waals surface area contributed by atoms with Gasteiger partial charge in [-0.3, -0.25) is 0 Å². The molecule has 1 fully saturated rings. The van der Waals surface area contributed by atoms with Crippen LogP contribution < -0.4 is 10.2 Å². The fourth-order valence-electron chi connectivity index (χ4n) is 2.81. The number of carbonyl (C=O) groups is 1. The molecule has 0 unspecified atom stereocenters. The summed E-state index contributed by atoms with van der Waals surface area (Å²) in [5, 5.41) is 12.3. The standard InChI is InChI=1S/C19H18BrClN4O3/c1-2-28-19(26)14-9-12(11-22)17(21)24-18(14)23-13-3-4-16(15(20)10-13)25-5-7-27-8-6-25/h3-4,9-10H,2,5-8H2,1H3,(H,23,24). The molecule has 0 radical (unpaired) electrons. The zero-order valence-electron chi connectivity index (χ0n) is 15.2. The molecule has 1 aliphatic heterocycles. The minimum atomic E-state index is -0.574. The molecule has 7 nitrogen and oxygen atoms in total. The van der Waals surface area contributed by atoms with E-state index in [0.717, 1.165) is 23.2 Å². The van der Waals surface area contributed by atoms with Crippen LogP contribution in [0, 0.1) is 11.3 Å². The van der Waals surface area contributed by atoms with Gasteiger partial charge in [-0.1, -0.05) is 11.6 Å². The highest BCUT2D eigenvalue weighted by Crippen LogP contribution is 2.32. The molecule has 1 N–H and O–H groups in total. The minimum Gasteiger partial charge on any atom is -0.462 e. The molecule has 146 valence electrons. The molecule has 0 spiro atoms. The van der Waals surface area contributed by atoms with Gasteiger partial charge < -0.3 is 19.7 Å². The molecule has 0 aliphatic carbocycles. The largest absolute Gasteiger partial charge is 0.462 e. The van der Waals surface area contributed by atoms with Crippen molar-refractivity contribution in [1.82, 2.24) is 4.98 Å². The summed E-state index contributed by atoms with van der Waals surface area (Å²) in [6.45, 7) is 4.96. The van der Waals surface area contributed by atoms with Gasteiger partial charge in [-0.15, -0.1) is 0 Å². The van der Waals surface area contributed by atoms with Crippen molar-refractivity contribution < 1.29 is 14.3 Å². The lowest BCUT2D eigenvalue weighted by Crippen LogP contribution is -2.36. The van der Waals surface area contributed by atoms with Crippen molar-refractivity contribution in [3.05, 3.63) is 45.0 Å². The van der Waals surface area contributed by atoms with Gasteiger partial charge in [-0.2, -0.15) is 5.26 Å². The Balaban J connectivity index is 1.90. The number of anilines is 3. The van der Waals surface area contributed by atoms with Crippen LogP contribution in [0.1, 0.15) is 22.8 Å². The number of morpholine rings is 1. The van der Waals surface area contributed by atoms with Gasteiger partial charge in [0.25, 0.3) is 0 Å². The zero-order valence-corrected chi connectivity index (χ0v) is 17.5. The van der Waals surface area contributed by atoms with E-state index in [1.165, 1.54) is 6.07 Å². The Morgan fingerprint density at radius 1 is 1.43 bits per heavy atom. The van der Waals surface area contributed by atoms with Gasteiger partial charge in [0.15, 0.2) is 0 Å². The smallest absolute Gasteiger partial charge is 0.341 e. The number of hydrogen-bond donors (Lipinski definition) is 1. The normalized spacial score (nSPS) is 13.7. The van der Waals surface area contributed by atoms with Gasteiger partial charge in [0.2, 0.25) is 0 Å². The molecular weight excluding hydrogens is 448 g/mol. The Kier molecular flexibility index (Phi) is 6.73. The predicted octanol–water partition coefficient (Wildman–Crippen LogP) is 4.13. The van der Waals surface area contributed by atoms with Crippen LogP contribution in [0.5, 0.6) is 0 Å². The summed E-state index contributed by atoms with van der Waals surface area (Å²) in [6.07, 6.45) is 0. The van der Waals surface area contributed by atoms with Crippen molar-refractivity contribution in [1.29, 1.82) is 5.26 Å². The highest BCUT2D eigenvalue weighted by molar-refractivity contribution is 9.10. The Bertz CT molecular complexity index is 926. The van der Waals surface area contributed by atoms with Crippen LogP contribution in [0.3, 0.4) is 0 Å². The fraction of sp³-hybridized carbons (Fsp3) is 0.316. The highest BCUT2D eigenvalue weighted by atomic mass is 79.9. The van der Waals surface area contributed by atoms with Crippen LogP contribution >= 0.6 is 27.5 Å². The van der Waals surface area contributed by atoms with E-state index >= 15 is 0 Å². The molecule has 2 aromatic rings. The fourth-order valence-corrected chi connectivity index (χ4v) is 3.62. The van der Waals surface area contributed by atoms with E-state index < -0.39 is 5.97 Å². The lowest BCUT2D eigenvalue weighted by molar-refractivity contribution is 0.0527. The van der Waals surface area contributed by atoms with Crippen LogP contribution in [0.15, 0.2) is 28.7 Å². The first-order valence-corrected chi connectivity index (χ1v) is 9.87. The number of aromatic nitrogens is 1.